The number of carboxylic acids is 1. The van der Waals surface area contributed by atoms with E-state index >= 15 is 0 Å². The number of benzene rings is 2. The summed E-state index contributed by atoms with van der Waals surface area (Å²) in [6.45, 7) is 11.2. The molecule has 0 aliphatic carbocycles. The Bertz CT molecular complexity index is 2420. The lowest BCUT2D eigenvalue weighted by Crippen LogP contribution is -2.37. The van der Waals surface area contributed by atoms with Gasteiger partial charge in [-0.3, -0.25) is 57.7 Å². The lowest BCUT2D eigenvalue weighted by Gasteiger charge is -2.15. The molecule has 0 saturated carbocycles. The van der Waals surface area contributed by atoms with E-state index in [0.29, 0.717) is 64.3 Å². The molecule has 0 bridgehead atoms. The second kappa shape index (κ2) is 104. The zero-order valence-corrected chi connectivity index (χ0v) is 64.8. The molecule has 0 aromatic heterocycles. The predicted molar refractivity (Wildman–Crippen MR) is 387 cm³/mol. The number of aliphatic carboxylic acids is 1. The molecule has 2 aromatic carbocycles. The molecule has 6 amide bonds. The molecular weight excluding hydrogens is 1610 g/mol. The molecule has 0 radical (unpaired) electrons. The second-order valence-corrected chi connectivity index (χ2v) is 20.5. The molecule has 5 rings (SSSR count). The van der Waals surface area contributed by atoms with E-state index in [2.05, 4.69) is 88.0 Å². The molecule has 3 aliphatic rings. The summed E-state index contributed by atoms with van der Waals surface area (Å²) in [7, 11) is 18.0. The molecule has 43 nitrogen and oxygen atoms in total. The number of imide groups is 3. The third-order valence-corrected chi connectivity index (χ3v) is 9.78. The van der Waals surface area contributed by atoms with E-state index in [-0.39, 0.29) is 143 Å². The molecular formula is C63H105Cl4N3O40S. The number of ether oxygens (including phenoxy) is 17. The first kappa shape index (κ1) is 127. The smallest absolute Gasteiger partial charge is 0.481 e. The van der Waals surface area contributed by atoms with Crippen molar-refractivity contribution in [2.45, 2.75) is 79.4 Å². The minimum atomic E-state index is -1.67. The van der Waals surface area contributed by atoms with E-state index < -0.39 is 75.0 Å². The normalized spacial score (nSPS) is 11.4. The van der Waals surface area contributed by atoms with E-state index in [0.717, 1.165) is 11.1 Å². The molecule has 0 spiro atoms. The number of hydrogen-bond acceptors (Lipinski definition) is 39. The van der Waals surface area contributed by atoms with Crippen LogP contribution in [0.3, 0.4) is 0 Å². The van der Waals surface area contributed by atoms with Gasteiger partial charge in [0.2, 0.25) is 19.7 Å². The summed E-state index contributed by atoms with van der Waals surface area (Å²) in [5, 5.41) is 32.3. The Morgan fingerprint density at radius 3 is 0.955 bits per heavy atom. The Kier molecular flexibility index (Phi) is 120. The molecule has 3 saturated heterocycles. The lowest BCUT2D eigenvalue weighted by atomic mass is 10.2. The number of carbonyl (C=O) groups is 15. The molecule has 0 unspecified atom stereocenters. The highest BCUT2D eigenvalue weighted by Gasteiger charge is 2.38. The summed E-state index contributed by atoms with van der Waals surface area (Å²) >= 11 is 9.83. The van der Waals surface area contributed by atoms with Gasteiger partial charge < -0.3 is 120 Å². The molecule has 646 valence electrons. The predicted octanol–water partition coefficient (Wildman–Crippen LogP) is 3.97. The fourth-order valence-corrected chi connectivity index (χ4v) is 5.43. The number of hydrogen-bond donors (Lipinski definition) is 4. The van der Waals surface area contributed by atoms with Crippen LogP contribution < -0.4 is 0 Å². The van der Waals surface area contributed by atoms with Gasteiger partial charge in [0.1, 0.15) is 81.3 Å². The third kappa shape index (κ3) is 100. The van der Waals surface area contributed by atoms with E-state index in [4.69, 9.17) is 95.4 Å². The van der Waals surface area contributed by atoms with Crippen LogP contribution >= 0.6 is 44.6 Å². The number of nitrogens with zero attached hydrogens (tertiary/aromatic N) is 3. The van der Waals surface area contributed by atoms with E-state index in [1.165, 1.54) is 28.4 Å². The Balaban J connectivity index is -0.000000113. The largest absolute Gasteiger partial charge is 0.560 e. The van der Waals surface area contributed by atoms with Gasteiger partial charge in [-0.05, 0) is 34.3 Å². The molecule has 111 heavy (non-hydrogen) atoms. The van der Waals surface area contributed by atoms with Crippen LogP contribution in [-0.2, 0) is 180 Å². The summed E-state index contributed by atoms with van der Waals surface area (Å²) in [5.41, 5.74) is 2.20. The summed E-state index contributed by atoms with van der Waals surface area (Å²) < 4.78 is 88.4. The number of hydroxylamine groups is 6. The van der Waals surface area contributed by atoms with Gasteiger partial charge in [-0.2, -0.15) is 4.79 Å². The fraction of sp³-hybridized carbons (Fsp3) is 0.571. The van der Waals surface area contributed by atoms with Crippen molar-refractivity contribution in [3.63, 3.8) is 0 Å². The number of methoxy groups -OCH3 is 7. The van der Waals surface area contributed by atoms with E-state index in [1.807, 2.05) is 87.8 Å². The fourth-order valence-electron chi connectivity index (χ4n) is 5.27. The molecule has 3 heterocycles. The van der Waals surface area contributed by atoms with Crippen molar-refractivity contribution < 1.29 is 192 Å². The summed E-state index contributed by atoms with van der Waals surface area (Å²) in [6, 6.07) is 19.7. The van der Waals surface area contributed by atoms with Gasteiger partial charge in [0.25, 0.3) is 35.4 Å². The van der Waals surface area contributed by atoms with Crippen molar-refractivity contribution in [2.24, 2.45) is 0 Å². The molecule has 48 heteroatoms. The van der Waals surface area contributed by atoms with Gasteiger partial charge in [-0.1, -0.05) is 90.7 Å². The Morgan fingerprint density at radius 1 is 0.387 bits per heavy atom. The number of rotatable bonds is 38. The molecule has 4 N–H and O–H groups in total. The van der Waals surface area contributed by atoms with E-state index in [9.17, 15) is 52.7 Å². The number of halogens is 4. The van der Waals surface area contributed by atoms with Gasteiger partial charge in [0.15, 0.2) is 20.4 Å². The summed E-state index contributed by atoms with van der Waals surface area (Å²) in [6.07, 6.45) is -2.49. The molecule has 0 atom stereocenters. The van der Waals surface area contributed by atoms with E-state index in [1.54, 1.807) is 21.3 Å². The van der Waals surface area contributed by atoms with Crippen LogP contribution in [0.25, 0.3) is 0 Å². The van der Waals surface area contributed by atoms with Crippen molar-refractivity contribution in [2.75, 3.05) is 164 Å². The van der Waals surface area contributed by atoms with Crippen molar-refractivity contribution in [3.05, 3.63) is 71.8 Å². The lowest BCUT2D eigenvalue weighted by molar-refractivity contribution is -0.198. The van der Waals surface area contributed by atoms with Crippen molar-refractivity contribution in [1.82, 2.24) is 15.2 Å². The van der Waals surface area contributed by atoms with Crippen LogP contribution in [-0.4, -0.2) is 295 Å². The Morgan fingerprint density at radius 2 is 0.676 bits per heavy atom. The third-order valence-electron chi connectivity index (χ3n) is 9.48. The second-order valence-electron chi connectivity index (χ2n) is 17.2. The van der Waals surface area contributed by atoms with Crippen molar-refractivity contribution in [1.29, 1.82) is 0 Å². The van der Waals surface area contributed by atoms with Crippen molar-refractivity contribution in [3.8, 4) is 0 Å². The Hall–Kier alpha value is -7.56. The van der Waals surface area contributed by atoms with Crippen LogP contribution in [0.1, 0.15) is 77.3 Å². The highest BCUT2D eigenvalue weighted by atomic mass is 36.0. The van der Waals surface area contributed by atoms with Gasteiger partial charge in [0.05, 0.1) is 59.3 Å². The van der Waals surface area contributed by atoms with Gasteiger partial charge in [-0.25, -0.2) is 9.00 Å². The summed E-state index contributed by atoms with van der Waals surface area (Å²) in [4.78, 5) is 163. The van der Waals surface area contributed by atoms with Crippen LogP contribution in [0.5, 0.6) is 0 Å². The van der Waals surface area contributed by atoms with Crippen LogP contribution in [0.4, 0.5) is 9.59 Å². The van der Waals surface area contributed by atoms with Gasteiger partial charge in [0, 0.05) is 116 Å². The minimum absolute atomic E-state index is 0. The molecule has 3 aliphatic heterocycles. The monoisotopic (exact) mass is 1720 g/mol. The Labute approximate surface area is 664 Å². The maximum absolute atomic E-state index is 11.2. The standard InChI is InChI=1S/C11H16O4.C9H8N2O7.C9H13NO8.C8H10O2.C4H7ClO3.C4H7ClO2.2C4H10O3.C4H8O3.4CH2O.2CH4.Cl2OS/c1-12-8-14-10-15-9-13-7-11-5-3-2-4-6-11;12-5-1-2-6(13)10(5)17-9(16)18-11-7(14)3-4-8(11)15;1-14-4-15-5-16-6-17-9(13)18-10-7(11)2-3-8(10)12;9-7-10-6-8-4-2-1-3-5-8;1-7-3-8-2-4(5)6;1-7-3-2-4(5)6;2*1-6-2-3-7-4-5;1-7-3-2-4(5)6;4*1-2;;;1-4(2)3/h2-6H,7-10H2,1H3;1-4H2;2-6H2,1H3;1-5,9H,6-7H2;2-3H2,1H3;2-3H2,1H3;2*5H,2-4H2,1H3;2-3H2,1H3,(H,5,6);4*1H2;2*1H4;. The first-order chi connectivity index (χ1) is 52.4. The maximum Gasteiger partial charge on any atom is 0.560 e. The van der Waals surface area contributed by atoms with Crippen molar-refractivity contribution >= 4 is 145 Å². The average Bonchev–Trinajstić information content (AvgIpc) is 1.73. The van der Waals surface area contributed by atoms with Gasteiger partial charge in [-0.15, -0.1) is 0 Å². The first-order valence-electron chi connectivity index (χ1n) is 29.7. The van der Waals surface area contributed by atoms with Crippen LogP contribution in [0, 0.1) is 0 Å². The molecule has 2 aromatic rings. The highest BCUT2D eigenvalue weighted by Crippen LogP contribution is 2.16. The SMILES string of the molecule is C.C.C=O.C=O.C=O.C=O.COCCC(=O)Cl.COCCC(=O)O.COCCOCO.COCCOCO.COCOCC(=O)Cl.COCOCOCOC(=O)ON1C(=O)CCC1=O.COCOCOCOCc1ccccc1.O=C(ON1C(=O)CCC1=O)ON1C(=O)CCC1=O.O=S(Cl)Cl.OCOCc1ccccc1. The minimum Gasteiger partial charge on any atom is -0.481 e. The van der Waals surface area contributed by atoms with Gasteiger partial charge >= 0.3 is 18.3 Å². The number of aliphatic hydroxyl groups is 3. The maximum atomic E-state index is 11.2. The number of carboxylic acid groups (broad SMARTS) is 1. The summed E-state index contributed by atoms with van der Waals surface area (Å²) in [5.74, 6) is -4.72. The first-order valence-corrected chi connectivity index (χ1v) is 33.3. The van der Waals surface area contributed by atoms with Crippen LogP contribution in [0.2, 0.25) is 0 Å². The highest BCUT2D eigenvalue weighted by molar-refractivity contribution is 8.26. The molecule has 3 fully saturated rings. The zero-order chi connectivity index (χ0) is 85.1. The number of carbonyl (C=O) groups excluding carboxylic acids is 14. The topological polar surface area (TPSA) is 548 Å². The van der Waals surface area contributed by atoms with Crippen LogP contribution in [0.15, 0.2) is 60.7 Å². The number of amides is 6. The quantitative estimate of drug-likeness (QED) is 0.0243. The zero-order valence-electron chi connectivity index (χ0n) is 60.9. The average molecular weight is 1720 g/mol. The number of aliphatic hydroxyl groups excluding tert-OH is 3.